The van der Waals surface area contributed by atoms with Crippen molar-refractivity contribution in [3.63, 3.8) is 0 Å². The van der Waals surface area contributed by atoms with Gasteiger partial charge in [0.1, 0.15) is 18.3 Å². The third-order valence-electron chi connectivity index (χ3n) is 3.77. The van der Waals surface area contributed by atoms with Gasteiger partial charge in [-0.2, -0.15) is 5.10 Å². The number of amides is 1. The Kier molecular flexibility index (Phi) is 6.11. The van der Waals surface area contributed by atoms with E-state index in [4.69, 9.17) is 9.84 Å². The van der Waals surface area contributed by atoms with Gasteiger partial charge in [0.15, 0.2) is 0 Å². The second-order valence-electron chi connectivity index (χ2n) is 6.07. The summed E-state index contributed by atoms with van der Waals surface area (Å²) < 4.78 is 6.17. The normalized spacial score (nSPS) is 11.8. The van der Waals surface area contributed by atoms with Gasteiger partial charge in [0.25, 0.3) is 5.56 Å². The SMILES string of the molecule is COc1cccc(-c2ccc(=O)n(CC(=O)NC(C(=O)O)C(C)C)n2)c1. The molecule has 138 valence electrons. The molecule has 26 heavy (non-hydrogen) atoms. The number of aliphatic carboxylic acids is 1. The largest absolute Gasteiger partial charge is 0.497 e. The molecule has 0 aliphatic carbocycles. The highest BCUT2D eigenvalue weighted by molar-refractivity contribution is 5.83. The molecule has 1 amide bonds. The van der Waals surface area contributed by atoms with Crippen molar-refractivity contribution in [1.82, 2.24) is 15.1 Å². The summed E-state index contributed by atoms with van der Waals surface area (Å²) >= 11 is 0. The Morgan fingerprint density at radius 1 is 1.27 bits per heavy atom. The predicted octanol–water partition coefficient (Wildman–Crippen LogP) is 1.14. The molecule has 0 fully saturated rings. The summed E-state index contributed by atoms with van der Waals surface area (Å²) in [6, 6.07) is 8.98. The Bertz CT molecular complexity index is 860. The van der Waals surface area contributed by atoms with Crippen molar-refractivity contribution in [2.75, 3.05) is 7.11 Å². The molecule has 1 aromatic heterocycles. The van der Waals surface area contributed by atoms with Gasteiger partial charge in [0.05, 0.1) is 12.8 Å². The fraction of sp³-hybridized carbons (Fsp3) is 0.333. The van der Waals surface area contributed by atoms with Crippen LogP contribution >= 0.6 is 0 Å². The van der Waals surface area contributed by atoms with Gasteiger partial charge in [-0.3, -0.25) is 9.59 Å². The minimum atomic E-state index is -1.13. The molecule has 2 N–H and O–H groups in total. The van der Waals surface area contributed by atoms with Gasteiger partial charge in [0.2, 0.25) is 5.91 Å². The Labute approximate surface area is 150 Å². The first-order valence-electron chi connectivity index (χ1n) is 8.06. The molecule has 1 atom stereocenters. The lowest BCUT2D eigenvalue weighted by Gasteiger charge is -2.18. The summed E-state index contributed by atoms with van der Waals surface area (Å²) in [5.74, 6) is -1.37. The molecular weight excluding hydrogens is 338 g/mol. The summed E-state index contributed by atoms with van der Waals surface area (Å²) in [5.41, 5.74) is 0.766. The van der Waals surface area contributed by atoms with Gasteiger partial charge in [-0.1, -0.05) is 26.0 Å². The molecule has 0 aliphatic rings. The highest BCUT2D eigenvalue weighted by Gasteiger charge is 2.23. The summed E-state index contributed by atoms with van der Waals surface area (Å²) in [6.45, 7) is 3.01. The van der Waals surface area contributed by atoms with Crippen LogP contribution in [0.15, 0.2) is 41.2 Å². The Morgan fingerprint density at radius 3 is 2.62 bits per heavy atom. The van der Waals surface area contributed by atoms with Gasteiger partial charge < -0.3 is 15.2 Å². The first-order chi connectivity index (χ1) is 12.3. The molecule has 0 saturated heterocycles. The van der Waals surface area contributed by atoms with E-state index in [0.717, 1.165) is 10.2 Å². The lowest BCUT2D eigenvalue weighted by atomic mass is 10.1. The van der Waals surface area contributed by atoms with Crippen molar-refractivity contribution >= 4 is 11.9 Å². The molecule has 2 rings (SSSR count). The second-order valence-corrected chi connectivity index (χ2v) is 6.07. The van der Waals surface area contributed by atoms with Gasteiger partial charge in [0, 0.05) is 11.6 Å². The number of carboxylic acid groups (broad SMARTS) is 1. The van der Waals surface area contributed by atoms with E-state index in [1.54, 1.807) is 51.3 Å². The minimum Gasteiger partial charge on any atom is -0.497 e. The molecule has 0 radical (unpaired) electrons. The predicted molar refractivity (Wildman–Crippen MR) is 94.9 cm³/mol. The number of nitrogens with zero attached hydrogens (tertiary/aromatic N) is 2. The standard InChI is InChI=1S/C18H21N3O5/c1-11(2)17(18(24)25)19-15(22)10-21-16(23)8-7-14(20-21)12-5-4-6-13(9-12)26-3/h4-9,11,17H,10H2,1-3H3,(H,19,22)(H,24,25). The zero-order chi connectivity index (χ0) is 19.3. The summed E-state index contributed by atoms with van der Waals surface area (Å²) in [5, 5.41) is 15.8. The minimum absolute atomic E-state index is 0.288. The average molecular weight is 359 g/mol. The highest BCUT2D eigenvalue weighted by atomic mass is 16.5. The number of carbonyl (C=O) groups is 2. The van der Waals surface area contributed by atoms with Crippen molar-refractivity contribution in [1.29, 1.82) is 0 Å². The summed E-state index contributed by atoms with van der Waals surface area (Å²) in [6.07, 6.45) is 0. The molecule has 8 heteroatoms. The van der Waals surface area contributed by atoms with Gasteiger partial charge in [-0.05, 0) is 24.1 Å². The van der Waals surface area contributed by atoms with Crippen LogP contribution in [0.25, 0.3) is 11.3 Å². The lowest BCUT2D eigenvalue weighted by molar-refractivity contribution is -0.143. The number of carboxylic acids is 1. The van der Waals surface area contributed by atoms with Crippen molar-refractivity contribution in [3.05, 3.63) is 46.8 Å². The van der Waals surface area contributed by atoms with Crippen LogP contribution < -0.4 is 15.6 Å². The van der Waals surface area contributed by atoms with Crippen LogP contribution in [-0.2, 0) is 16.1 Å². The van der Waals surface area contributed by atoms with E-state index in [1.165, 1.54) is 6.07 Å². The van der Waals surface area contributed by atoms with E-state index in [1.807, 2.05) is 0 Å². The van der Waals surface area contributed by atoms with Crippen LogP contribution in [0.5, 0.6) is 5.75 Å². The fourth-order valence-corrected chi connectivity index (χ4v) is 2.37. The van der Waals surface area contributed by atoms with Crippen LogP contribution in [0.4, 0.5) is 0 Å². The topological polar surface area (TPSA) is 111 Å². The third-order valence-corrected chi connectivity index (χ3v) is 3.77. The number of hydrogen-bond donors (Lipinski definition) is 2. The maximum Gasteiger partial charge on any atom is 0.326 e. The van der Waals surface area contributed by atoms with Gasteiger partial charge >= 0.3 is 5.97 Å². The van der Waals surface area contributed by atoms with Crippen LogP contribution in [0.1, 0.15) is 13.8 Å². The fourth-order valence-electron chi connectivity index (χ4n) is 2.37. The molecule has 0 aliphatic heterocycles. The van der Waals surface area contributed by atoms with Gasteiger partial charge in [-0.15, -0.1) is 0 Å². The van der Waals surface area contributed by atoms with Crippen molar-refractivity contribution in [3.8, 4) is 17.0 Å². The number of ether oxygens (including phenoxy) is 1. The number of aromatic nitrogens is 2. The average Bonchev–Trinajstić information content (AvgIpc) is 2.61. The molecule has 0 bridgehead atoms. The number of benzene rings is 1. The van der Waals surface area contributed by atoms with E-state index < -0.39 is 23.5 Å². The molecule has 1 aromatic carbocycles. The highest BCUT2D eigenvalue weighted by Crippen LogP contribution is 2.21. The quantitative estimate of drug-likeness (QED) is 0.767. The molecular formula is C18H21N3O5. The van der Waals surface area contributed by atoms with Crippen molar-refractivity contribution in [2.24, 2.45) is 5.92 Å². The number of nitrogens with one attached hydrogen (secondary N) is 1. The molecule has 8 nitrogen and oxygen atoms in total. The van der Waals surface area contributed by atoms with E-state index >= 15 is 0 Å². The molecule has 0 saturated carbocycles. The number of methoxy groups -OCH3 is 1. The Balaban J connectivity index is 2.23. The monoisotopic (exact) mass is 359 g/mol. The maximum atomic E-state index is 12.1. The first-order valence-corrected chi connectivity index (χ1v) is 8.06. The van der Waals surface area contributed by atoms with Crippen LogP contribution in [0.2, 0.25) is 0 Å². The van der Waals surface area contributed by atoms with Crippen LogP contribution in [-0.4, -0.2) is 39.9 Å². The number of carbonyl (C=O) groups excluding carboxylic acids is 1. The number of rotatable bonds is 7. The lowest BCUT2D eigenvalue weighted by Crippen LogP contribution is -2.46. The van der Waals surface area contributed by atoms with Crippen LogP contribution in [0, 0.1) is 5.92 Å². The Morgan fingerprint density at radius 2 is 2.00 bits per heavy atom. The maximum absolute atomic E-state index is 12.1. The van der Waals surface area contributed by atoms with E-state index in [9.17, 15) is 14.4 Å². The van der Waals surface area contributed by atoms with E-state index in [2.05, 4.69) is 10.4 Å². The van der Waals surface area contributed by atoms with E-state index in [0.29, 0.717) is 11.4 Å². The second kappa shape index (κ2) is 8.28. The van der Waals surface area contributed by atoms with Gasteiger partial charge in [-0.25, -0.2) is 9.48 Å². The Hall–Kier alpha value is -3.16. The molecule has 1 unspecified atom stereocenters. The molecule has 1 heterocycles. The number of hydrogen-bond acceptors (Lipinski definition) is 5. The molecule has 0 spiro atoms. The molecule has 2 aromatic rings. The third kappa shape index (κ3) is 4.69. The zero-order valence-corrected chi connectivity index (χ0v) is 14.8. The van der Waals surface area contributed by atoms with E-state index in [-0.39, 0.29) is 12.5 Å². The smallest absolute Gasteiger partial charge is 0.326 e. The zero-order valence-electron chi connectivity index (χ0n) is 14.8. The summed E-state index contributed by atoms with van der Waals surface area (Å²) in [4.78, 5) is 35.3. The van der Waals surface area contributed by atoms with Crippen molar-refractivity contribution < 1.29 is 19.4 Å². The first kappa shape index (κ1) is 19.2. The summed E-state index contributed by atoms with van der Waals surface area (Å²) in [7, 11) is 1.55. The van der Waals surface area contributed by atoms with Crippen molar-refractivity contribution in [2.45, 2.75) is 26.4 Å². The van der Waals surface area contributed by atoms with Crippen LogP contribution in [0.3, 0.4) is 0 Å².